The zero-order valence-corrected chi connectivity index (χ0v) is 8.96. The summed E-state index contributed by atoms with van der Waals surface area (Å²) < 4.78 is 0. The van der Waals surface area contributed by atoms with Crippen molar-refractivity contribution >= 4 is 17.5 Å². The van der Waals surface area contributed by atoms with Crippen molar-refractivity contribution in [2.45, 2.75) is 33.1 Å². The van der Waals surface area contributed by atoms with Crippen LogP contribution in [0.15, 0.2) is 5.10 Å². The molecule has 1 atom stereocenters. The van der Waals surface area contributed by atoms with Gasteiger partial charge in [-0.25, -0.2) is 11.3 Å². The van der Waals surface area contributed by atoms with E-state index in [1.54, 1.807) is 6.92 Å². The molecule has 0 aromatic rings. The standard InChI is InChI=1S/C9H16N4O2/c1-3-9(5-4-7(14)11-10)6(2)12-13-8(9)15/h3-5,10H2,1-2H3,(H,11,14)(H,13,15)/t9-/m1/s1. The summed E-state index contributed by atoms with van der Waals surface area (Å²) in [4.78, 5) is 22.7. The molecule has 0 aromatic carbocycles. The molecule has 6 heteroatoms. The molecule has 1 heterocycles. The second-order valence-electron chi connectivity index (χ2n) is 3.64. The van der Waals surface area contributed by atoms with E-state index in [-0.39, 0.29) is 18.2 Å². The van der Waals surface area contributed by atoms with Crippen LogP contribution in [0.5, 0.6) is 0 Å². The number of nitrogens with zero attached hydrogens (tertiary/aromatic N) is 1. The van der Waals surface area contributed by atoms with Gasteiger partial charge in [0.15, 0.2) is 0 Å². The van der Waals surface area contributed by atoms with E-state index in [2.05, 4.69) is 10.5 Å². The SMILES string of the molecule is CC[C@]1(CCC(=O)NN)C(=O)NN=C1C. The number of hydrazone groups is 1. The van der Waals surface area contributed by atoms with Crippen molar-refractivity contribution in [2.75, 3.05) is 0 Å². The molecule has 4 N–H and O–H groups in total. The third-order valence-corrected chi connectivity index (χ3v) is 3.00. The molecule has 0 radical (unpaired) electrons. The summed E-state index contributed by atoms with van der Waals surface area (Å²) in [5, 5.41) is 3.90. The van der Waals surface area contributed by atoms with Crippen LogP contribution in [0.1, 0.15) is 33.1 Å². The number of nitrogens with one attached hydrogen (secondary N) is 2. The maximum Gasteiger partial charge on any atom is 0.252 e. The molecule has 0 spiro atoms. The van der Waals surface area contributed by atoms with Gasteiger partial charge in [0.2, 0.25) is 5.91 Å². The lowest BCUT2D eigenvalue weighted by Gasteiger charge is -2.24. The van der Waals surface area contributed by atoms with E-state index in [0.29, 0.717) is 12.8 Å². The number of rotatable bonds is 4. The van der Waals surface area contributed by atoms with Gasteiger partial charge in [-0.05, 0) is 19.8 Å². The van der Waals surface area contributed by atoms with Crippen LogP contribution in [0.3, 0.4) is 0 Å². The first-order valence-electron chi connectivity index (χ1n) is 4.91. The maximum atomic E-state index is 11.6. The molecule has 0 saturated heterocycles. The lowest BCUT2D eigenvalue weighted by atomic mass is 9.77. The third-order valence-electron chi connectivity index (χ3n) is 3.00. The Bertz CT molecular complexity index is 313. The quantitative estimate of drug-likeness (QED) is 0.338. The number of carbonyl (C=O) groups excluding carboxylic acids is 2. The van der Waals surface area contributed by atoms with Gasteiger partial charge in [-0.2, -0.15) is 5.10 Å². The first-order chi connectivity index (χ1) is 7.06. The Morgan fingerprint density at radius 2 is 2.33 bits per heavy atom. The fraction of sp³-hybridized carbons (Fsp3) is 0.667. The van der Waals surface area contributed by atoms with Crippen LogP contribution in [0, 0.1) is 5.41 Å². The predicted molar refractivity (Wildman–Crippen MR) is 55.5 cm³/mol. The average Bonchev–Trinajstić information content (AvgIpc) is 2.53. The normalized spacial score (nSPS) is 24.7. The number of amides is 2. The molecule has 0 saturated carbocycles. The number of hydrazine groups is 1. The van der Waals surface area contributed by atoms with Crippen molar-refractivity contribution in [3.63, 3.8) is 0 Å². The average molecular weight is 212 g/mol. The smallest absolute Gasteiger partial charge is 0.252 e. The number of hydrogen-bond donors (Lipinski definition) is 3. The van der Waals surface area contributed by atoms with Crippen LogP contribution in [0.25, 0.3) is 0 Å². The Morgan fingerprint density at radius 1 is 1.67 bits per heavy atom. The number of nitrogens with two attached hydrogens (primary N) is 1. The van der Waals surface area contributed by atoms with E-state index in [1.807, 2.05) is 12.3 Å². The van der Waals surface area contributed by atoms with Gasteiger partial charge in [0, 0.05) is 6.42 Å². The molecule has 1 aliphatic rings. The second kappa shape index (κ2) is 4.39. The van der Waals surface area contributed by atoms with Gasteiger partial charge in [-0.3, -0.25) is 15.0 Å². The van der Waals surface area contributed by atoms with Crippen LogP contribution in [0.2, 0.25) is 0 Å². The van der Waals surface area contributed by atoms with Gasteiger partial charge in [-0.1, -0.05) is 6.92 Å². The Kier molecular flexibility index (Phi) is 3.41. The molecular formula is C9H16N4O2. The Balaban J connectivity index is 2.73. The molecule has 2 amide bonds. The van der Waals surface area contributed by atoms with Crippen LogP contribution < -0.4 is 16.7 Å². The lowest BCUT2D eigenvalue weighted by molar-refractivity contribution is -0.127. The topological polar surface area (TPSA) is 96.6 Å². The molecule has 0 bridgehead atoms. The molecule has 84 valence electrons. The fourth-order valence-electron chi connectivity index (χ4n) is 1.80. The molecule has 15 heavy (non-hydrogen) atoms. The van der Waals surface area contributed by atoms with Crippen molar-refractivity contribution < 1.29 is 9.59 Å². The second-order valence-corrected chi connectivity index (χ2v) is 3.64. The molecular weight excluding hydrogens is 196 g/mol. The summed E-state index contributed by atoms with van der Waals surface area (Å²) in [6.07, 6.45) is 1.30. The molecule has 1 rings (SSSR count). The Hall–Kier alpha value is -1.43. The molecule has 6 nitrogen and oxygen atoms in total. The summed E-state index contributed by atoms with van der Waals surface area (Å²) >= 11 is 0. The van der Waals surface area contributed by atoms with Gasteiger partial charge in [0.05, 0.1) is 11.1 Å². The van der Waals surface area contributed by atoms with E-state index < -0.39 is 5.41 Å². The minimum Gasteiger partial charge on any atom is -0.294 e. The van der Waals surface area contributed by atoms with E-state index in [9.17, 15) is 9.59 Å². The molecule has 0 unspecified atom stereocenters. The first kappa shape index (κ1) is 11.6. The highest BCUT2D eigenvalue weighted by atomic mass is 16.2. The number of carbonyl (C=O) groups is 2. The monoisotopic (exact) mass is 212 g/mol. The van der Waals surface area contributed by atoms with Crippen molar-refractivity contribution in [2.24, 2.45) is 16.4 Å². The van der Waals surface area contributed by atoms with Gasteiger partial charge in [-0.15, -0.1) is 0 Å². The maximum absolute atomic E-state index is 11.6. The van der Waals surface area contributed by atoms with Crippen LogP contribution in [-0.4, -0.2) is 17.5 Å². The fourth-order valence-corrected chi connectivity index (χ4v) is 1.80. The van der Waals surface area contributed by atoms with E-state index in [0.717, 1.165) is 5.71 Å². The largest absolute Gasteiger partial charge is 0.294 e. The molecule has 0 aromatic heterocycles. The number of hydrogen-bond acceptors (Lipinski definition) is 4. The third kappa shape index (κ3) is 1.99. The summed E-state index contributed by atoms with van der Waals surface area (Å²) in [6.45, 7) is 3.70. The van der Waals surface area contributed by atoms with E-state index in [1.165, 1.54) is 0 Å². The summed E-state index contributed by atoms with van der Waals surface area (Å²) in [5.41, 5.74) is 4.59. The molecule has 0 aliphatic carbocycles. The van der Waals surface area contributed by atoms with Gasteiger partial charge in [0.25, 0.3) is 5.91 Å². The van der Waals surface area contributed by atoms with Crippen molar-refractivity contribution in [1.82, 2.24) is 10.9 Å². The predicted octanol–water partition coefficient (Wildman–Crippen LogP) is -0.341. The molecule has 1 aliphatic heterocycles. The van der Waals surface area contributed by atoms with Crippen LogP contribution in [0.4, 0.5) is 0 Å². The van der Waals surface area contributed by atoms with Gasteiger partial charge in [0.1, 0.15) is 0 Å². The first-order valence-corrected chi connectivity index (χ1v) is 4.91. The lowest BCUT2D eigenvalue weighted by Crippen LogP contribution is -2.39. The highest BCUT2D eigenvalue weighted by Gasteiger charge is 2.43. The van der Waals surface area contributed by atoms with Crippen molar-refractivity contribution in [3.8, 4) is 0 Å². The minimum atomic E-state index is -0.632. The Morgan fingerprint density at radius 3 is 2.73 bits per heavy atom. The summed E-state index contributed by atoms with van der Waals surface area (Å²) in [5.74, 6) is 4.58. The van der Waals surface area contributed by atoms with Crippen LogP contribution in [-0.2, 0) is 9.59 Å². The minimum absolute atomic E-state index is 0.132. The van der Waals surface area contributed by atoms with E-state index >= 15 is 0 Å². The van der Waals surface area contributed by atoms with Crippen molar-refractivity contribution in [3.05, 3.63) is 0 Å². The summed E-state index contributed by atoms with van der Waals surface area (Å²) in [6, 6.07) is 0. The van der Waals surface area contributed by atoms with Gasteiger partial charge >= 0.3 is 0 Å². The molecule has 0 fully saturated rings. The van der Waals surface area contributed by atoms with Crippen molar-refractivity contribution in [1.29, 1.82) is 0 Å². The van der Waals surface area contributed by atoms with Gasteiger partial charge < -0.3 is 0 Å². The zero-order chi connectivity index (χ0) is 11.5. The van der Waals surface area contributed by atoms with Crippen LogP contribution >= 0.6 is 0 Å². The van der Waals surface area contributed by atoms with E-state index in [4.69, 9.17) is 5.84 Å². The highest BCUT2D eigenvalue weighted by Crippen LogP contribution is 2.33. The Labute approximate surface area is 88.3 Å². The highest BCUT2D eigenvalue weighted by molar-refractivity contribution is 6.11. The summed E-state index contributed by atoms with van der Waals surface area (Å²) in [7, 11) is 0. The zero-order valence-electron chi connectivity index (χ0n) is 8.96.